The molecule has 2 rings (SSSR count). The highest BCUT2D eigenvalue weighted by Crippen LogP contribution is 2.37. The predicted molar refractivity (Wildman–Crippen MR) is 66.6 cm³/mol. The third-order valence-electron chi connectivity index (χ3n) is 3.48. The smallest absolute Gasteiger partial charge is 0.118 e. The molecule has 4 nitrogen and oxygen atoms in total. The summed E-state index contributed by atoms with van der Waals surface area (Å²) in [4.78, 5) is 0. The molecule has 0 amide bonds. The molecule has 2 unspecified atom stereocenters. The van der Waals surface area contributed by atoms with E-state index in [2.05, 4.69) is 12.3 Å². The average Bonchev–Trinajstić information content (AvgIpc) is 2.78. The number of methoxy groups -OCH3 is 1. The minimum Gasteiger partial charge on any atom is -0.497 e. The number of nitrogens with one attached hydrogen (secondary N) is 1. The van der Waals surface area contributed by atoms with Crippen LogP contribution in [0.3, 0.4) is 0 Å². The molecule has 0 aromatic heterocycles. The first kappa shape index (κ1) is 12.4. The quantitative estimate of drug-likeness (QED) is 0.618. The van der Waals surface area contributed by atoms with Crippen LogP contribution >= 0.6 is 0 Å². The van der Waals surface area contributed by atoms with E-state index in [1.54, 1.807) is 7.11 Å². The zero-order valence-corrected chi connectivity index (χ0v) is 10.4. The summed E-state index contributed by atoms with van der Waals surface area (Å²) in [6.07, 6.45) is 2.11. The molecule has 1 aliphatic rings. The van der Waals surface area contributed by atoms with Crippen molar-refractivity contribution in [2.75, 3.05) is 13.7 Å². The van der Waals surface area contributed by atoms with Crippen molar-refractivity contribution in [2.45, 2.75) is 31.4 Å². The maximum absolute atomic E-state index is 5.83. The summed E-state index contributed by atoms with van der Waals surface area (Å²) in [5.41, 5.74) is 3.78. The Labute approximate surface area is 102 Å². The molecule has 4 heteroatoms. The number of rotatable bonds is 4. The molecular formula is C13H20N2O2. The van der Waals surface area contributed by atoms with Crippen LogP contribution in [-0.4, -0.2) is 19.3 Å². The zero-order chi connectivity index (χ0) is 12.3. The molecular weight excluding hydrogens is 216 g/mol. The highest BCUT2D eigenvalue weighted by molar-refractivity contribution is 5.30. The Hall–Kier alpha value is -1.10. The van der Waals surface area contributed by atoms with Crippen molar-refractivity contribution in [1.29, 1.82) is 0 Å². The van der Waals surface area contributed by atoms with E-state index in [4.69, 9.17) is 15.3 Å². The van der Waals surface area contributed by atoms with E-state index >= 15 is 0 Å². The van der Waals surface area contributed by atoms with Crippen LogP contribution in [0.2, 0.25) is 0 Å². The number of hydrogen-bond donors (Lipinski definition) is 2. The fourth-order valence-corrected chi connectivity index (χ4v) is 2.45. The van der Waals surface area contributed by atoms with Gasteiger partial charge in [-0.15, -0.1) is 0 Å². The van der Waals surface area contributed by atoms with Gasteiger partial charge in [0.05, 0.1) is 18.8 Å². The monoisotopic (exact) mass is 236 g/mol. The molecule has 1 aromatic carbocycles. The minimum atomic E-state index is -0.219. The van der Waals surface area contributed by atoms with Gasteiger partial charge < -0.3 is 9.47 Å². The molecule has 3 N–H and O–H groups in total. The van der Waals surface area contributed by atoms with E-state index in [0.29, 0.717) is 0 Å². The Morgan fingerprint density at radius 1 is 1.41 bits per heavy atom. The van der Waals surface area contributed by atoms with Gasteiger partial charge in [-0.05, 0) is 37.5 Å². The third-order valence-corrected chi connectivity index (χ3v) is 3.48. The Morgan fingerprint density at radius 2 is 2.12 bits per heavy atom. The van der Waals surface area contributed by atoms with Crippen LogP contribution in [-0.2, 0) is 4.74 Å². The minimum absolute atomic E-state index is 0.0101. The standard InChI is InChI=1S/C13H20N2O2/c1-13(8-3-9-17-13)12(15-14)10-4-6-11(16-2)7-5-10/h4-7,12,15H,3,8-9,14H2,1-2H3. The summed E-state index contributed by atoms with van der Waals surface area (Å²) in [5.74, 6) is 6.53. The Morgan fingerprint density at radius 3 is 2.59 bits per heavy atom. The molecule has 1 aromatic rings. The molecule has 1 saturated heterocycles. The van der Waals surface area contributed by atoms with E-state index < -0.39 is 0 Å². The van der Waals surface area contributed by atoms with E-state index in [0.717, 1.165) is 30.8 Å². The second-order valence-electron chi connectivity index (χ2n) is 4.64. The summed E-state index contributed by atoms with van der Waals surface area (Å²) in [7, 11) is 1.66. The number of nitrogens with two attached hydrogens (primary N) is 1. The average molecular weight is 236 g/mol. The van der Waals surface area contributed by atoms with Crippen LogP contribution in [0.1, 0.15) is 31.4 Å². The highest BCUT2D eigenvalue weighted by Gasteiger charge is 2.38. The van der Waals surface area contributed by atoms with Gasteiger partial charge in [-0.3, -0.25) is 11.3 Å². The fraction of sp³-hybridized carbons (Fsp3) is 0.538. The van der Waals surface area contributed by atoms with Gasteiger partial charge >= 0.3 is 0 Å². The number of benzene rings is 1. The zero-order valence-electron chi connectivity index (χ0n) is 10.4. The maximum Gasteiger partial charge on any atom is 0.118 e. The maximum atomic E-state index is 5.83. The lowest BCUT2D eigenvalue weighted by Gasteiger charge is -2.33. The third kappa shape index (κ3) is 2.44. The van der Waals surface area contributed by atoms with Gasteiger partial charge in [0.15, 0.2) is 0 Å². The SMILES string of the molecule is COc1ccc(C(NN)C2(C)CCCO2)cc1. The number of ether oxygens (including phenoxy) is 2. The highest BCUT2D eigenvalue weighted by atomic mass is 16.5. The van der Waals surface area contributed by atoms with E-state index in [-0.39, 0.29) is 11.6 Å². The summed E-state index contributed by atoms with van der Waals surface area (Å²) in [6.45, 7) is 2.92. The fourth-order valence-electron chi connectivity index (χ4n) is 2.45. The first-order valence-electron chi connectivity index (χ1n) is 5.93. The molecule has 17 heavy (non-hydrogen) atoms. The molecule has 0 spiro atoms. The van der Waals surface area contributed by atoms with Crippen molar-refractivity contribution in [3.05, 3.63) is 29.8 Å². The van der Waals surface area contributed by atoms with Crippen LogP contribution in [0.15, 0.2) is 24.3 Å². The van der Waals surface area contributed by atoms with Gasteiger partial charge in [0.2, 0.25) is 0 Å². The van der Waals surface area contributed by atoms with Crippen LogP contribution < -0.4 is 16.0 Å². The van der Waals surface area contributed by atoms with Gasteiger partial charge in [-0.1, -0.05) is 12.1 Å². The summed E-state index contributed by atoms with van der Waals surface area (Å²) in [6, 6.07) is 7.94. The van der Waals surface area contributed by atoms with Gasteiger partial charge in [-0.25, -0.2) is 0 Å². The van der Waals surface area contributed by atoms with Crippen molar-refractivity contribution in [2.24, 2.45) is 5.84 Å². The second-order valence-corrected chi connectivity index (χ2v) is 4.64. The van der Waals surface area contributed by atoms with Crippen LogP contribution in [0.25, 0.3) is 0 Å². The lowest BCUT2D eigenvalue weighted by molar-refractivity contribution is -0.0125. The Kier molecular flexibility index (Phi) is 3.66. The molecule has 1 fully saturated rings. The predicted octanol–water partition coefficient (Wildman–Crippen LogP) is 1.77. The van der Waals surface area contributed by atoms with Gasteiger partial charge in [-0.2, -0.15) is 0 Å². The number of hydrazine groups is 1. The van der Waals surface area contributed by atoms with Crippen molar-refractivity contribution in [3.8, 4) is 5.75 Å². The number of hydrogen-bond acceptors (Lipinski definition) is 4. The first-order valence-corrected chi connectivity index (χ1v) is 5.93. The van der Waals surface area contributed by atoms with E-state index in [9.17, 15) is 0 Å². The summed E-state index contributed by atoms with van der Waals surface area (Å²) >= 11 is 0. The molecule has 0 radical (unpaired) electrons. The first-order chi connectivity index (χ1) is 8.19. The molecule has 94 valence electrons. The molecule has 0 saturated carbocycles. The molecule has 1 aliphatic heterocycles. The van der Waals surface area contributed by atoms with E-state index in [1.165, 1.54) is 0 Å². The van der Waals surface area contributed by atoms with Crippen molar-refractivity contribution in [1.82, 2.24) is 5.43 Å². The Balaban J connectivity index is 2.22. The van der Waals surface area contributed by atoms with Gasteiger partial charge in [0.25, 0.3) is 0 Å². The van der Waals surface area contributed by atoms with E-state index in [1.807, 2.05) is 24.3 Å². The Bertz CT molecular complexity index is 358. The van der Waals surface area contributed by atoms with Crippen LogP contribution in [0.5, 0.6) is 5.75 Å². The van der Waals surface area contributed by atoms with Crippen molar-refractivity contribution >= 4 is 0 Å². The molecule has 0 bridgehead atoms. The van der Waals surface area contributed by atoms with Gasteiger partial charge in [0, 0.05) is 6.61 Å². The topological polar surface area (TPSA) is 56.5 Å². The van der Waals surface area contributed by atoms with Crippen molar-refractivity contribution in [3.63, 3.8) is 0 Å². The lowest BCUT2D eigenvalue weighted by atomic mass is 9.88. The molecule has 2 atom stereocenters. The summed E-state index contributed by atoms with van der Waals surface area (Å²) in [5, 5.41) is 0. The van der Waals surface area contributed by atoms with Gasteiger partial charge in [0.1, 0.15) is 5.75 Å². The normalized spacial score (nSPS) is 25.8. The summed E-state index contributed by atoms with van der Waals surface area (Å²) < 4.78 is 11.0. The van der Waals surface area contributed by atoms with Crippen LogP contribution in [0, 0.1) is 0 Å². The largest absolute Gasteiger partial charge is 0.497 e. The second kappa shape index (κ2) is 5.04. The molecule has 1 heterocycles. The molecule has 0 aliphatic carbocycles. The van der Waals surface area contributed by atoms with Crippen LogP contribution in [0.4, 0.5) is 0 Å². The lowest BCUT2D eigenvalue weighted by Crippen LogP contribution is -2.44. The van der Waals surface area contributed by atoms with Crippen molar-refractivity contribution < 1.29 is 9.47 Å².